The van der Waals surface area contributed by atoms with Gasteiger partial charge in [-0.25, -0.2) is 4.79 Å². The van der Waals surface area contributed by atoms with Crippen LogP contribution in [0.3, 0.4) is 0 Å². The monoisotopic (exact) mass is 278 g/mol. The standard InChI is InChI=1S/C15H22N2O3/c1-10-6-3-4-7-12(10)17-14(18)11(2)20-15(19)13-8-5-9-16-13/h5,8-12,16H,3-4,6-7H2,1-2H3,(H,17,18)/t10-,11-,12-/m1/s1. The van der Waals surface area contributed by atoms with Crippen molar-refractivity contribution < 1.29 is 14.3 Å². The van der Waals surface area contributed by atoms with Crippen molar-refractivity contribution in [2.24, 2.45) is 5.92 Å². The van der Waals surface area contributed by atoms with Gasteiger partial charge in [-0.2, -0.15) is 0 Å². The van der Waals surface area contributed by atoms with Gasteiger partial charge in [0, 0.05) is 12.2 Å². The second-order valence-electron chi connectivity index (χ2n) is 5.51. The average molecular weight is 278 g/mol. The Morgan fingerprint density at radius 1 is 1.40 bits per heavy atom. The summed E-state index contributed by atoms with van der Waals surface area (Å²) in [6.07, 6.45) is 5.38. The molecule has 0 unspecified atom stereocenters. The van der Waals surface area contributed by atoms with Crippen LogP contribution in [-0.4, -0.2) is 29.0 Å². The number of ether oxygens (including phenoxy) is 1. The number of aromatic amines is 1. The number of nitrogens with one attached hydrogen (secondary N) is 2. The first kappa shape index (κ1) is 14.6. The van der Waals surface area contributed by atoms with Crippen LogP contribution in [0.5, 0.6) is 0 Å². The second kappa shape index (κ2) is 6.59. The molecule has 5 nitrogen and oxygen atoms in total. The van der Waals surface area contributed by atoms with Crippen LogP contribution in [0.25, 0.3) is 0 Å². The molecule has 1 amide bonds. The largest absolute Gasteiger partial charge is 0.448 e. The maximum Gasteiger partial charge on any atom is 0.355 e. The van der Waals surface area contributed by atoms with E-state index in [1.165, 1.54) is 6.42 Å². The Kier molecular flexibility index (Phi) is 4.82. The number of esters is 1. The molecule has 110 valence electrons. The summed E-state index contributed by atoms with van der Waals surface area (Å²) >= 11 is 0. The third-order valence-electron chi connectivity index (χ3n) is 3.91. The summed E-state index contributed by atoms with van der Waals surface area (Å²) in [6, 6.07) is 3.53. The van der Waals surface area contributed by atoms with Crippen LogP contribution < -0.4 is 5.32 Å². The molecule has 1 aliphatic rings. The maximum atomic E-state index is 12.1. The highest BCUT2D eigenvalue weighted by atomic mass is 16.5. The van der Waals surface area contributed by atoms with Crippen molar-refractivity contribution in [1.29, 1.82) is 0 Å². The highest BCUT2D eigenvalue weighted by Crippen LogP contribution is 2.23. The molecule has 0 radical (unpaired) electrons. The van der Waals surface area contributed by atoms with E-state index in [-0.39, 0.29) is 11.9 Å². The zero-order valence-corrected chi connectivity index (χ0v) is 12.0. The number of hydrogen-bond donors (Lipinski definition) is 2. The van der Waals surface area contributed by atoms with Gasteiger partial charge in [-0.15, -0.1) is 0 Å². The Morgan fingerprint density at radius 2 is 2.15 bits per heavy atom. The van der Waals surface area contributed by atoms with Crippen LogP contribution in [0.2, 0.25) is 0 Å². The minimum atomic E-state index is -0.778. The summed E-state index contributed by atoms with van der Waals surface area (Å²) in [5.41, 5.74) is 0.357. The molecule has 2 rings (SSSR count). The quantitative estimate of drug-likeness (QED) is 0.830. The van der Waals surface area contributed by atoms with Crippen LogP contribution in [0.15, 0.2) is 18.3 Å². The van der Waals surface area contributed by atoms with E-state index < -0.39 is 12.1 Å². The van der Waals surface area contributed by atoms with Gasteiger partial charge in [0.25, 0.3) is 5.91 Å². The predicted octanol–water partition coefficient (Wildman–Crippen LogP) is 2.25. The summed E-state index contributed by atoms with van der Waals surface area (Å²) in [6.45, 7) is 3.75. The topological polar surface area (TPSA) is 71.2 Å². The smallest absolute Gasteiger partial charge is 0.355 e. The minimum Gasteiger partial charge on any atom is -0.448 e. The van der Waals surface area contributed by atoms with Crippen molar-refractivity contribution in [3.05, 3.63) is 24.0 Å². The van der Waals surface area contributed by atoms with Crippen LogP contribution >= 0.6 is 0 Å². The molecular weight excluding hydrogens is 256 g/mol. The first-order valence-electron chi connectivity index (χ1n) is 7.22. The predicted molar refractivity (Wildman–Crippen MR) is 75.2 cm³/mol. The van der Waals surface area contributed by atoms with E-state index in [9.17, 15) is 9.59 Å². The Balaban J connectivity index is 1.84. The molecule has 3 atom stereocenters. The first-order valence-corrected chi connectivity index (χ1v) is 7.22. The van der Waals surface area contributed by atoms with Crippen LogP contribution in [0.1, 0.15) is 50.0 Å². The van der Waals surface area contributed by atoms with E-state index in [1.54, 1.807) is 25.3 Å². The van der Waals surface area contributed by atoms with Crippen molar-refractivity contribution in [3.8, 4) is 0 Å². The number of amides is 1. The van der Waals surface area contributed by atoms with Gasteiger partial charge in [0.1, 0.15) is 5.69 Å². The van der Waals surface area contributed by atoms with Gasteiger partial charge in [-0.05, 0) is 37.8 Å². The Bertz CT molecular complexity index is 456. The molecule has 1 aliphatic carbocycles. The molecule has 1 aromatic rings. The third kappa shape index (κ3) is 3.62. The van der Waals surface area contributed by atoms with Gasteiger partial charge in [0.05, 0.1) is 0 Å². The Morgan fingerprint density at radius 3 is 2.80 bits per heavy atom. The molecule has 5 heteroatoms. The fourth-order valence-electron chi connectivity index (χ4n) is 2.57. The highest BCUT2D eigenvalue weighted by molar-refractivity contribution is 5.90. The zero-order chi connectivity index (χ0) is 14.5. The summed E-state index contributed by atoms with van der Waals surface area (Å²) < 4.78 is 5.15. The van der Waals surface area contributed by atoms with Crippen LogP contribution in [-0.2, 0) is 9.53 Å². The normalized spacial score (nSPS) is 23.9. The molecule has 0 saturated heterocycles. The number of H-pyrrole nitrogens is 1. The van der Waals surface area contributed by atoms with E-state index in [4.69, 9.17) is 4.74 Å². The van der Waals surface area contributed by atoms with E-state index >= 15 is 0 Å². The number of hydrogen-bond acceptors (Lipinski definition) is 3. The second-order valence-corrected chi connectivity index (χ2v) is 5.51. The fraction of sp³-hybridized carbons (Fsp3) is 0.600. The van der Waals surface area contributed by atoms with E-state index in [0.717, 1.165) is 19.3 Å². The maximum absolute atomic E-state index is 12.1. The van der Waals surface area contributed by atoms with Crippen molar-refractivity contribution in [3.63, 3.8) is 0 Å². The molecule has 0 aliphatic heterocycles. The molecule has 1 heterocycles. The summed E-state index contributed by atoms with van der Waals surface area (Å²) in [5.74, 6) is -0.239. The molecular formula is C15H22N2O3. The highest BCUT2D eigenvalue weighted by Gasteiger charge is 2.26. The average Bonchev–Trinajstić information content (AvgIpc) is 2.95. The fourth-order valence-corrected chi connectivity index (χ4v) is 2.57. The zero-order valence-electron chi connectivity index (χ0n) is 12.0. The molecule has 2 N–H and O–H groups in total. The lowest BCUT2D eigenvalue weighted by Crippen LogP contribution is -2.46. The molecule has 1 saturated carbocycles. The Hall–Kier alpha value is -1.78. The van der Waals surface area contributed by atoms with Gasteiger partial charge < -0.3 is 15.0 Å². The molecule has 1 fully saturated rings. The molecule has 0 bridgehead atoms. The summed E-state index contributed by atoms with van der Waals surface area (Å²) in [5, 5.41) is 2.99. The van der Waals surface area contributed by atoms with Gasteiger partial charge in [0.2, 0.25) is 0 Å². The lowest BCUT2D eigenvalue weighted by Gasteiger charge is -2.30. The van der Waals surface area contributed by atoms with E-state index in [0.29, 0.717) is 11.6 Å². The van der Waals surface area contributed by atoms with Crippen LogP contribution in [0.4, 0.5) is 0 Å². The SMILES string of the molecule is C[C@@H]1CCCC[C@H]1NC(=O)[C@@H](C)OC(=O)c1ccc[nH]1. The number of carbonyl (C=O) groups is 2. The van der Waals surface area contributed by atoms with Gasteiger partial charge in [0.15, 0.2) is 6.10 Å². The third-order valence-corrected chi connectivity index (χ3v) is 3.91. The van der Waals surface area contributed by atoms with E-state index in [2.05, 4.69) is 17.2 Å². The van der Waals surface area contributed by atoms with Crippen LogP contribution in [0, 0.1) is 5.92 Å². The lowest BCUT2D eigenvalue weighted by molar-refractivity contribution is -0.130. The summed E-state index contributed by atoms with van der Waals surface area (Å²) in [4.78, 5) is 26.6. The van der Waals surface area contributed by atoms with Gasteiger partial charge in [-0.1, -0.05) is 19.8 Å². The Labute approximate surface area is 119 Å². The minimum absolute atomic E-state index is 0.197. The number of carbonyl (C=O) groups excluding carboxylic acids is 2. The van der Waals surface area contributed by atoms with Crippen molar-refractivity contribution in [1.82, 2.24) is 10.3 Å². The molecule has 0 spiro atoms. The molecule has 0 aromatic carbocycles. The molecule has 1 aromatic heterocycles. The lowest BCUT2D eigenvalue weighted by atomic mass is 9.86. The van der Waals surface area contributed by atoms with E-state index in [1.807, 2.05) is 0 Å². The van der Waals surface area contributed by atoms with Gasteiger partial charge >= 0.3 is 5.97 Å². The number of aromatic nitrogens is 1. The van der Waals surface area contributed by atoms with Crippen molar-refractivity contribution >= 4 is 11.9 Å². The number of rotatable bonds is 4. The first-order chi connectivity index (χ1) is 9.58. The molecule has 20 heavy (non-hydrogen) atoms. The summed E-state index contributed by atoms with van der Waals surface area (Å²) in [7, 11) is 0. The van der Waals surface area contributed by atoms with Crippen molar-refractivity contribution in [2.75, 3.05) is 0 Å². The van der Waals surface area contributed by atoms with Gasteiger partial charge in [-0.3, -0.25) is 4.79 Å². The van der Waals surface area contributed by atoms with Crippen molar-refractivity contribution in [2.45, 2.75) is 51.7 Å².